The summed E-state index contributed by atoms with van der Waals surface area (Å²) in [5, 5.41) is 0. The predicted octanol–water partition coefficient (Wildman–Crippen LogP) is 2.50. The standard InChI is InChI=1S/C15H17NO2S/c1-18-13-8-5-9-14(10-13)19(17)11-15(16)12-6-3-2-4-7-12/h2-10,15H,11,16H2,1H3. The van der Waals surface area contributed by atoms with E-state index in [0.717, 1.165) is 10.5 Å². The first kappa shape index (κ1) is 13.8. The van der Waals surface area contributed by atoms with E-state index in [1.54, 1.807) is 13.2 Å². The molecule has 100 valence electrons. The van der Waals surface area contributed by atoms with E-state index in [4.69, 9.17) is 10.5 Å². The molecule has 0 fully saturated rings. The van der Waals surface area contributed by atoms with Crippen LogP contribution in [0.3, 0.4) is 0 Å². The van der Waals surface area contributed by atoms with E-state index >= 15 is 0 Å². The minimum atomic E-state index is -1.13. The lowest BCUT2D eigenvalue weighted by atomic mass is 10.1. The highest BCUT2D eigenvalue weighted by Crippen LogP contribution is 2.19. The highest BCUT2D eigenvalue weighted by molar-refractivity contribution is 7.85. The van der Waals surface area contributed by atoms with Crippen LogP contribution in [0, 0.1) is 0 Å². The van der Waals surface area contributed by atoms with E-state index in [1.807, 2.05) is 48.5 Å². The molecular formula is C15H17NO2S. The Labute approximate surface area is 115 Å². The molecule has 3 nitrogen and oxygen atoms in total. The van der Waals surface area contributed by atoms with Gasteiger partial charge in [0, 0.05) is 16.7 Å². The van der Waals surface area contributed by atoms with Crippen molar-refractivity contribution in [2.75, 3.05) is 12.9 Å². The maximum Gasteiger partial charge on any atom is 0.120 e. The molecule has 0 aromatic heterocycles. The van der Waals surface area contributed by atoms with Crippen LogP contribution in [-0.2, 0) is 10.8 Å². The van der Waals surface area contributed by atoms with Crippen LogP contribution >= 0.6 is 0 Å². The zero-order valence-corrected chi connectivity index (χ0v) is 11.6. The van der Waals surface area contributed by atoms with E-state index < -0.39 is 10.8 Å². The van der Waals surface area contributed by atoms with Crippen LogP contribution in [0.2, 0.25) is 0 Å². The third-order valence-corrected chi connectivity index (χ3v) is 4.30. The first-order valence-corrected chi connectivity index (χ1v) is 7.35. The molecule has 2 unspecified atom stereocenters. The van der Waals surface area contributed by atoms with Gasteiger partial charge in [-0.05, 0) is 23.8 Å². The molecule has 2 aromatic carbocycles. The quantitative estimate of drug-likeness (QED) is 0.912. The van der Waals surface area contributed by atoms with Gasteiger partial charge in [-0.15, -0.1) is 0 Å². The van der Waals surface area contributed by atoms with Gasteiger partial charge in [-0.25, -0.2) is 0 Å². The number of hydrogen-bond acceptors (Lipinski definition) is 3. The van der Waals surface area contributed by atoms with Crippen LogP contribution in [0.4, 0.5) is 0 Å². The third kappa shape index (κ3) is 3.66. The van der Waals surface area contributed by atoms with Gasteiger partial charge in [0.15, 0.2) is 0 Å². The highest BCUT2D eigenvalue weighted by atomic mass is 32.2. The second-order valence-corrected chi connectivity index (χ2v) is 5.70. The minimum absolute atomic E-state index is 0.228. The number of hydrogen-bond donors (Lipinski definition) is 1. The molecule has 0 aliphatic heterocycles. The summed E-state index contributed by atoms with van der Waals surface area (Å²) in [6.45, 7) is 0. The van der Waals surface area contributed by atoms with Crippen LogP contribution in [0.15, 0.2) is 59.5 Å². The van der Waals surface area contributed by atoms with Crippen LogP contribution in [0.25, 0.3) is 0 Å². The molecule has 0 saturated heterocycles. The second kappa shape index (κ2) is 6.50. The van der Waals surface area contributed by atoms with Gasteiger partial charge < -0.3 is 10.5 Å². The first-order chi connectivity index (χ1) is 9.20. The molecule has 0 aliphatic carbocycles. The van der Waals surface area contributed by atoms with Gasteiger partial charge in [-0.1, -0.05) is 36.4 Å². The SMILES string of the molecule is COc1cccc(S(=O)CC(N)c2ccccc2)c1. The molecule has 2 N–H and O–H groups in total. The predicted molar refractivity (Wildman–Crippen MR) is 77.6 cm³/mol. The smallest absolute Gasteiger partial charge is 0.120 e. The lowest BCUT2D eigenvalue weighted by molar-refractivity contribution is 0.413. The van der Waals surface area contributed by atoms with Crippen LogP contribution in [-0.4, -0.2) is 17.1 Å². The summed E-state index contributed by atoms with van der Waals surface area (Å²) in [5.41, 5.74) is 7.08. The van der Waals surface area contributed by atoms with Gasteiger partial charge in [-0.3, -0.25) is 4.21 Å². The fraction of sp³-hybridized carbons (Fsp3) is 0.200. The van der Waals surface area contributed by atoms with Crippen molar-refractivity contribution in [3.8, 4) is 5.75 Å². The Balaban J connectivity index is 2.08. The van der Waals surface area contributed by atoms with Crippen LogP contribution in [0.1, 0.15) is 11.6 Å². The summed E-state index contributed by atoms with van der Waals surface area (Å²) in [6, 6.07) is 16.8. The van der Waals surface area contributed by atoms with Gasteiger partial charge >= 0.3 is 0 Å². The van der Waals surface area contributed by atoms with Gasteiger partial charge in [0.25, 0.3) is 0 Å². The van der Waals surface area contributed by atoms with Crippen molar-refractivity contribution in [3.05, 3.63) is 60.2 Å². The number of benzene rings is 2. The summed E-state index contributed by atoms with van der Waals surface area (Å²) in [5.74, 6) is 1.11. The van der Waals surface area contributed by atoms with Crippen LogP contribution < -0.4 is 10.5 Å². The van der Waals surface area contributed by atoms with Gasteiger partial charge in [0.1, 0.15) is 5.75 Å². The Morgan fingerprint density at radius 1 is 1.16 bits per heavy atom. The highest BCUT2D eigenvalue weighted by Gasteiger charge is 2.12. The Kier molecular flexibility index (Phi) is 4.71. The Bertz CT molecular complexity index is 557. The summed E-state index contributed by atoms with van der Waals surface area (Å²) in [4.78, 5) is 0.741. The topological polar surface area (TPSA) is 52.3 Å². The lowest BCUT2D eigenvalue weighted by Crippen LogP contribution is -2.18. The molecule has 2 rings (SSSR count). The molecule has 4 heteroatoms. The van der Waals surface area contributed by atoms with Crippen molar-refractivity contribution in [2.45, 2.75) is 10.9 Å². The van der Waals surface area contributed by atoms with E-state index in [9.17, 15) is 4.21 Å². The van der Waals surface area contributed by atoms with E-state index in [-0.39, 0.29) is 6.04 Å². The number of methoxy groups -OCH3 is 1. The lowest BCUT2D eigenvalue weighted by Gasteiger charge is -2.12. The fourth-order valence-electron chi connectivity index (χ4n) is 1.80. The molecular weight excluding hydrogens is 258 g/mol. The fourth-order valence-corrected chi connectivity index (χ4v) is 2.99. The van der Waals surface area contributed by atoms with Crippen molar-refractivity contribution in [1.29, 1.82) is 0 Å². The zero-order valence-electron chi connectivity index (χ0n) is 10.8. The van der Waals surface area contributed by atoms with Crippen molar-refractivity contribution in [3.63, 3.8) is 0 Å². The molecule has 0 aliphatic rings. The molecule has 0 bridgehead atoms. The monoisotopic (exact) mass is 275 g/mol. The summed E-state index contributed by atoms with van der Waals surface area (Å²) in [6.07, 6.45) is 0. The maximum absolute atomic E-state index is 12.3. The third-order valence-electron chi connectivity index (χ3n) is 2.86. The molecule has 0 spiro atoms. The van der Waals surface area contributed by atoms with Crippen molar-refractivity contribution in [2.24, 2.45) is 5.73 Å². The van der Waals surface area contributed by atoms with Crippen molar-refractivity contribution < 1.29 is 8.95 Å². The Hall–Kier alpha value is -1.65. The molecule has 19 heavy (non-hydrogen) atoms. The van der Waals surface area contributed by atoms with E-state index in [0.29, 0.717) is 11.5 Å². The average Bonchev–Trinajstić information content (AvgIpc) is 2.48. The van der Waals surface area contributed by atoms with Crippen LogP contribution in [0.5, 0.6) is 5.75 Å². The summed E-state index contributed by atoms with van der Waals surface area (Å²) < 4.78 is 17.4. The number of nitrogens with two attached hydrogens (primary N) is 1. The van der Waals surface area contributed by atoms with Gasteiger partial charge in [-0.2, -0.15) is 0 Å². The molecule has 0 amide bonds. The van der Waals surface area contributed by atoms with Crippen molar-refractivity contribution >= 4 is 10.8 Å². The Morgan fingerprint density at radius 2 is 1.89 bits per heavy atom. The second-order valence-electron chi connectivity index (χ2n) is 4.21. The van der Waals surface area contributed by atoms with Gasteiger partial charge in [0.2, 0.25) is 0 Å². The molecule has 0 heterocycles. The minimum Gasteiger partial charge on any atom is -0.497 e. The first-order valence-electron chi connectivity index (χ1n) is 6.03. The van der Waals surface area contributed by atoms with Crippen molar-refractivity contribution in [1.82, 2.24) is 0 Å². The zero-order chi connectivity index (χ0) is 13.7. The number of rotatable bonds is 5. The Morgan fingerprint density at radius 3 is 2.58 bits per heavy atom. The largest absolute Gasteiger partial charge is 0.497 e. The number of ether oxygens (including phenoxy) is 1. The van der Waals surface area contributed by atoms with E-state index in [1.165, 1.54) is 0 Å². The normalized spacial score (nSPS) is 13.8. The maximum atomic E-state index is 12.3. The average molecular weight is 275 g/mol. The molecule has 0 radical (unpaired) electrons. The van der Waals surface area contributed by atoms with Gasteiger partial charge in [0.05, 0.1) is 17.9 Å². The summed E-state index contributed by atoms with van der Waals surface area (Å²) >= 11 is 0. The van der Waals surface area contributed by atoms with E-state index in [2.05, 4.69) is 0 Å². The summed E-state index contributed by atoms with van der Waals surface area (Å²) in [7, 11) is 0.464. The molecule has 0 saturated carbocycles. The molecule has 2 aromatic rings. The molecule has 2 atom stereocenters.